The Balaban J connectivity index is 2.04. The van der Waals surface area contributed by atoms with Crippen molar-refractivity contribution in [3.05, 3.63) is 24.3 Å². The van der Waals surface area contributed by atoms with E-state index in [1.54, 1.807) is 7.11 Å². The van der Waals surface area contributed by atoms with Crippen LogP contribution in [0.5, 0.6) is 0 Å². The van der Waals surface area contributed by atoms with Crippen LogP contribution in [-0.4, -0.2) is 26.8 Å². The third-order valence-corrected chi connectivity index (χ3v) is 3.41. The first-order chi connectivity index (χ1) is 7.70. The second-order valence-electron chi connectivity index (χ2n) is 4.69. The highest BCUT2D eigenvalue weighted by atomic mass is 16.5. The third-order valence-electron chi connectivity index (χ3n) is 3.41. The van der Waals surface area contributed by atoms with Crippen LogP contribution in [0.4, 0.5) is 11.4 Å². The van der Waals surface area contributed by atoms with Gasteiger partial charge in [0.1, 0.15) is 0 Å². The topological polar surface area (TPSA) is 38.5 Å². The van der Waals surface area contributed by atoms with Crippen molar-refractivity contribution >= 4 is 11.4 Å². The first kappa shape index (κ1) is 11.3. The average molecular weight is 220 g/mol. The molecule has 3 heteroatoms. The minimum absolute atomic E-state index is 0.641. The van der Waals surface area contributed by atoms with Crippen LogP contribution in [0.3, 0.4) is 0 Å². The molecular formula is C13H20N2O. The second kappa shape index (κ2) is 4.74. The second-order valence-corrected chi connectivity index (χ2v) is 4.69. The Bertz CT molecular complexity index is 336. The summed E-state index contributed by atoms with van der Waals surface area (Å²) in [6.45, 7) is 5.34. The molecular weight excluding hydrogens is 200 g/mol. The molecule has 1 aromatic carbocycles. The molecule has 1 aliphatic rings. The maximum Gasteiger partial charge on any atom is 0.0510 e. The molecule has 2 N–H and O–H groups in total. The quantitative estimate of drug-likeness (QED) is 0.792. The number of hydrogen-bond acceptors (Lipinski definition) is 3. The van der Waals surface area contributed by atoms with Crippen LogP contribution in [0.25, 0.3) is 0 Å². The molecule has 2 rings (SSSR count). The molecule has 1 heterocycles. The summed E-state index contributed by atoms with van der Waals surface area (Å²) in [5.41, 5.74) is 7.78. The van der Waals surface area contributed by atoms with Gasteiger partial charge in [-0.3, -0.25) is 0 Å². The van der Waals surface area contributed by atoms with E-state index in [1.807, 2.05) is 12.1 Å². The molecule has 0 aromatic heterocycles. The molecule has 0 saturated carbocycles. The standard InChI is InChI=1S/C13H20N2O/c1-10-7-15(8-11(10)9-16-2)13-5-3-12(14)4-6-13/h3-6,10-11H,7-9,14H2,1-2H3/t10-,11+/m0/s1. The molecule has 1 fully saturated rings. The molecule has 1 aliphatic heterocycles. The summed E-state index contributed by atoms with van der Waals surface area (Å²) in [5, 5.41) is 0. The zero-order chi connectivity index (χ0) is 11.5. The van der Waals surface area contributed by atoms with Gasteiger partial charge < -0.3 is 15.4 Å². The lowest BCUT2D eigenvalue weighted by Crippen LogP contribution is -2.20. The number of ether oxygens (including phenoxy) is 1. The number of anilines is 2. The highest BCUT2D eigenvalue weighted by Gasteiger charge is 2.29. The van der Waals surface area contributed by atoms with E-state index < -0.39 is 0 Å². The molecule has 88 valence electrons. The van der Waals surface area contributed by atoms with Gasteiger partial charge in [0, 0.05) is 37.5 Å². The van der Waals surface area contributed by atoms with Crippen molar-refractivity contribution < 1.29 is 4.74 Å². The fourth-order valence-corrected chi connectivity index (χ4v) is 2.36. The monoisotopic (exact) mass is 220 g/mol. The Hall–Kier alpha value is -1.22. The smallest absolute Gasteiger partial charge is 0.0510 e. The number of benzene rings is 1. The first-order valence-electron chi connectivity index (χ1n) is 5.80. The van der Waals surface area contributed by atoms with Gasteiger partial charge in [0.2, 0.25) is 0 Å². The number of hydrogen-bond donors (Lipinski definition) is 1. The fourth-order valence-electron chi connectivity index (χ4n) is 2.36. The predicted octanol–water partition coefficient (Wildman–Crippen LogP) is 1.99. The average Bonchev–Trinajstić information content (AvgIpc) is 2.62. The highest BCUT2D eigenvalue weighted by Crippen LogP contribution is 2.28. The Labute approximate surface area is 97.2 Å². The van der Waals surface area contributed by atoms with Gasteiger partial charge in [0.05, 0.1) is 6.61 Å². The summed E-state index contributed by atoms with van der Waals surface area (Å²) in [4.78, 5) is 2.41. The normalized spacial score (nSPS) is 25.0. The maximum atomic E-state index is 5.69. The molecule has 0 bridgehead atoms. The lowest BCUT2D eigenvalue weighted by Gasteiger charge is -2.18. The molecule has 0 radical (unpaired) electrons. The van der Waals surface area contributed by atoms with E-state index in [0.29, 0.717) is 11.8 Å². The van der Waals surface area contributed by atoms with E-state index in [4.69, 9.17) is 10.5 Å². The SMILES string of the molecule is COC[C@H]1CN(c2ccc(N)cc2)C[C@@H]1C. The van der Waals surface area contributed by atoms with Crippen LogP contribution in [0, 0.1) is 11.8 Å². The summed E-state index contributed by atoms with van der Waals surface area (Å²) >= 11 is 0. The van der Waals surface area contributed by atoms with Crippen LogP contribution in [0.15, 0.2) is 24.3 Å². The largest absolute Gasteiger partial charge is 0.399 e. The Morgan fingerprint density at radius 2 is 2.00 bits per heavy atom. The van der Waals surface area contributed by atoms with Gasteiger partial charge in [-0.1, -0.05) is 6.92 Å². The van der Waals surface area contributed by atoms with Gasteiger partial charge in [0.25, 0.3) is 0 Å². The molecule has 0 spiro atoms. The molecule has 16 heavy (non-hydrogen) atoms. The van der Waals surface area contributed by atoms with Gasteiger partial charge in [-0.05, 0) is 30.2 Å². The zero-order valence-electron chi connectivity index (χ0n) is 10.0. The number of rotatable bonds is 3. The molecule has 3 nitrogen and oxygen atoms in total. The van der Waals surface area contributed by atoms with E-state index in [2.05, 4.69) is 24.0 Å². The predicted molar refractivity (Wildman–Crippen MR) is 67.6 cm³/mol. The molecule has 0 unspecified atom stereocenters. The Morgan fingerprint density at radius 1 is 1.31 bits per heavy atom. The number of nitrogen functional groups attached to an aromatic ring is 1. The summed E-state index contributed by atoms with van der Waals surface area (Å²) in [6.07, 6.45) is 0. The molecule has 0 aliphatic carbocycles. The van der Waals surface area contributed by atoms with E-state index in [9.17, 15) is 0 Å². The summed E-state index contributed by atoms with van der Waals surface area (Å²) in [5.74, 6) is 1.33. The van der Waals surface area contributed by atoms with Crippen molar-refractivity contribution in [2.75, 3.05) is 37.4 Å². The Morgan fingerprint density at radius 3 is 2.62 bits per heavy atom. The van der Waals surface area contributed by atoms with Crippen LogP contribution in [0.1, 0.15) is 6.92 Å². The van der Waals surface area contributed by atoms with Crippen LogP contribution in [-0.2, 0) is 4.74 Å². The van der Waals surface area contributed by atoms with Crippen LogP contribution >= 0.6 is 0 Å². The molecule has 0 amide bonds. The zero-order valence-corrected chi connectivity index (χ0v) is 10.0. The Kier molecular flexibility index (Phi) is 3.34. The van der Waals surface area contributed by atoms with Crippen molar-refractivity contribution in [1.29, 1.82) is 0 Å². The van der Waals surface area contributed by atoms with Gasteiger partial charge in [-0.15, -0.1) is 0 Å². The minimum atomic E-state index is 0.641. The van der Waals surface area contributed by atoms with Crippen LogP contribution < -0.4 is 10.6 Å². The number of methoxy groups -OCH3 is 1. The van der Waals surface area contributed by atoms with Crippen LogP contribution in [0.2, 0.25) is 0 Å². The number of nitrogens with two attached hydrogens (primary N) is 1. The van der Waals surface area contributed by atoms with Gasteiger partial charge in [0.15, 0.2) is 0 Å². The highest BCUT2D eigenvalue weighted by molar-refractivity contribution is 5.53. The lowest BCUT2D eigenvalue weighted by molar-refractivity contribution is 0.144. The molecule has 2 atom stereocenters. The third kappa shape index (κ3) is 2.30. The van der Waals surface area contributed by atoms with Gasteiger partial charge in [-0.25, -0.2) is 0 Å². The summed E-state index contributed by atoms with van der Waals surface area (Å²) in [6, 6.07) is 8.11. The van der Waals surface area contributed by atoms with E-state index in [1.165, 1.54) is 5.69 Å². The van der Waals surface area contributed by atoms with E-state index in [0.717, 1.165) is 25.4 Å². The first-order valence-corrected chi connectivity index (χ1v) is 5.80. The number of nitrogens with zero attached hydrogens (tertiary/aromatic N) is 1. The minimum Gasteiger partial charge on any atom is -0.399 e. The van der Waals surface area contributed by atoms with Crippen molar-refractivity contribution in [2.45, 2.75) is 6.92 Å². The van der Waals surface area contributed by atoms with Crippen molar-refractivity contribution in [3.8, 4) is 0 Å². The van der Waals surface area contributed by atoms with Gasteiger partial charge in [-0.2, -0.15) is 0 Å². The van der Waals surface area contributed by atoms with Crippen molar-refractivity contribution in [2.24, 2.45) is 11.8 Å². The fraction of sp³-hybridized carbons (Fsp3) is 0.538. The van der Waals surface area contributed by atoms with Crippen molar-refractivity contribution in [3.63, 3.8) is 0 Å². The summed E-state index contributed by atoms with van der Waals surface area (Å²) < 4.78 is 5.25. The van der Waals surface area contributed by atoms with E-state index in [-0.39, 0.29) is 0 Å². The summed E-state index contributed by atoms with van der Waals surface area (Å²) in [7, 11) is 1.78. The van der Waals surface area contributed by atoms with Gasteiger partial charge >= 0.3 is 0 Å². The maximum absolute atomic E-state index is 5.69. The lowest BCUT2D eigenvalue weighted by atomic mass is 10.00. The van der Waals surface area contributed by atoms with Crippen molar-refractivity contribution in [1.82, 2.24) is 0 Å². The molecule has 1 saturated heterocycles. The van der Waals surface area contributed by atoms with E-state index >= 15 is 0 Å². The molecule has 1 aromatic rings.